The molecule has 0 N–H and O–H groups in total. The highest BCUT2D eigenvalue weighted by atomic mass is 19.1. The first-order valence-electron chi connectivity index (χ1n) is 8.08. The van der Waals surface area contributed by atoms with Crippen LogP contribution in [0.1, 0.15) is 17.0 Å². The molecule has 0 saturated carbocycles. The van der Waals surface area contributed by atoms with Crippen molar-refractivity contribution in [2.75, 3.05) is 27.3 Å². The van der Waals surface area contributed by atoms with Crippen LogP contribution >= 0.6 is 0 Å². The average molecular weight is 334 g/mol. The third-order valence-corrected chi connectivity index (χ3v) is 4.52. The molecule has 6 heteroatoms. The largest absolute Gasteiger partial charge is 0.494 e. The van der Waals surface area contributed by atoms with E-state index < -0.39 is 0 Å². The lowest BCUT2D eigenvalue weighted by atomic mass is 10.0. The molecule has 0 radical (unpaired) electrons. The van der Waals surface area contributed by atoms with Gasteiger partial charge in [0.05, 0.1) is 18.9 Å². The normalized spacial score (nSPS) is 21.3. The standard InChI is InChI=1S/C18H23FN2O3/c1-12-6-15(24-20-12)8-14-10-21(11-18(14)23-3)9-13-4-5-17(22-2)16(19)7-13/h4-7,14,18H,8-11H2,1-3H3/t14-,18+/m1/s1. The van der Waals surface area contributed by atoms with E-state index in [2.05, 4.69) is 10.1 Å². The molecule has 1 aromatic heterocycles. The zero-order chi connectivity index (χ0) is 17.1. The van der Waals surface area contributed by atoms with Gasteiger partial charge < -0.3 is 14.0 Å². The van der Waals surface area contributed by atoms with Gasteiger partial charge in [-0.2, -0.15) is 0 Å². The van der Waals surface area contributed by atoms with Crippen LogP contribution in [0.2, 0.25) is 0 Å². The van der Waals surface area contributed by atoms with Crippen molar-refractivity contribution in [1.29, 1.82) is 0 Å². The average Bonchev–Trinajstić information content (AvgIpc) is 3.14. The molecule has 0 amide bonds. The van der Waals surface area contributed by atoms with Crippen molar-refractivity contribution in [2.24, 2.45) is 5.92 Å². The summed E-state index contributed by atoms with van der Waals surface area (Å²) in [5.41, 5.74) is 1.82. The highest BCUT2D eigenvalue weighted by Gasteiger charge is 2.33. The van der Waals surface area contributed by atoms with E-state index in [-0.39, 0.29) is 17.7 Å². The quantitative estimate of drug-likeness (QED) is 0.813. The fourth-order valence-electron chi connectivity index (χ4n) is 3.36. The van der Waals surface area contributed by atoms with E-state index >= 15 is 0 Å². The Morgan fingerprint density at radius 2 is 2.12 bits per heavy atom. The molecule has 1 aliphatic rings. The second kappa shape index (κ2) is 7.32. The number of nitrogens with zero attached hydrogens (tertiary/aromatic N) is 2. The van der Waals surface area contributed by atoms with Gasteiger partial charge in [0.25, 0.3) is 0 Å². The van der Waals surface area contributed by atoms with Crippen LogP contribution in [0.5, 0.6) is 5.75 Å². The molecule has 1 saturated heterocycles. The summed E-state index contributed by atoms with van der Waals surface area (Å²) in [7, 11) is 3.21. The van der Waals surface area contributed by atoms with Gasteiger partial charge in [0.15, 0.2) is 11.6 Å². The van der Waals surface area contributed by atoms with Gasteiger partial charge in [-0.1, -0.05) is 11.2 Å². The van der Waals surface area contributed by atoms with Gasteiger partial charge in [-0.05, 0) is 24.6 Å². The lowest BCUT2D eigenvalue weighted by molar-refractivity contribution is 0.0761. The number of aryl methyl sites for hydroxylation is 1. The smallest absolute Gasteiger partial charge is 0.165 e. The number of hydrogen-bond donors (Lipinski definition) is 0. The molecule has 2 aromatic rings. The van der Waals surface area contributed by atoms with E-state index in [1.165, 1.54) is 13.2 Å². The summed E-state index contributed by atoms with van der Waals surface area (Å²) in [6.45, 7) is 4.31. The van der Waals surface area contributed by atoms with E-state index in [0.717, 1.165) is 36.5 Å². The summed E-state index contributed by atoms with van der Waals surface area (Å²) in [5.74, 6) is 1.17. The molecule has 0 unspecified atom stereocenters. The summed E-state index contributed by atoms with van der Waals surface area (Å²) in [4.78, 5) is 2.28. The van der Waals surface area contributed by atoms with Crippen molar-refractivity contribution in [3.63, 3.8) is 0 Å². The van der Waals surface area contributed by atoms with Gasteiger partial charge in [0, 0.05) is 45.1 Å². The van der Waals surface area contributed by atoms with Crippen LogP contribution in [0.15, 0.2) is 28.8 Å². The maximum absolute atomic E-state index is 13.8. The Morgan fingerprint density at radius 3 is 2.75 bits per heavy atom. The Kier molecular flexibility index (Phi) is 5.16. The van der Waals surface area contributed by atoms with Crippen molar-refractivity contribution >= 4 is 0 Å². The molecular weight excluding hydrogens is 311 g/mol. The van der Waals surface area contributed by atoms with E-state index in [1.54, 1.807) is 13.2 Å². The molecular formula is C18H23FN2O3. The van der Waals surface area contributed by atoms with Gasteiger partial charge in [-0.3, -0.25) is 4.90 Å². The van der Waals surface area contributed by atoms with E-state index in [0.29, 0.717) is 12.5 Å². The highest BCUT2D eigenvalue weighted by Crippen LogP contribution is 2.26. The third-order valence-electron chi connectivity index (χ3n) is 4.52. The Bertz CT molecular complexity index is 689. The first-order valence-corrected chi connectivity index (χ1v) is 8.08. The minimum atomic E-state index is -0.328. The van der Waals surface area contributed by atoms with Crippen molar-refractivity contribution in [2.45, 2.75) is 26.0 Å². The molecule has 0 aliphatic carbocycles. The molecule has 1 aliphatic heterocycles. The van der Waals surface area contributed by atoms with Gasteiger partial charge in [0.2, 0.25) is 0 Å². The van der Waals surface area contributed by atoms with Crippen LogP contribution < -0.4 is 4.74 Å². The third kappa shape index (κ3) is 3.76. The van der Waals surface area contributed by atoms with Crippen LogP contribution in [0, 0.1) is 18.7 Å². The summed E-state index contributed by atoms with van der Waals surface area (Å²) in [5, 5.41) is 3.94. The number of aromatic nitrogens is 1. The molecule has 3 rings (SSSR count). The fourth-order valence-corrected chi connectivity index (χ4v) is 3.36. The Morgan fingerprint density at radius 1 is 1.29 bits per heavy atom. The number of likely N-dealkylation sites (tertiary alicyclic amines) is 1. The number of methoxy groups -OCH3 is 2. The topological polar surface area (TPSA) is 47.7 Å². The molecule has 130 valence electrons. The SMILES string of the molecule is COc1ccc(CN2C[C@@H](Cc3cc(C)no3)[C@@H](OC)C2)cc1F. The lowest BCUT2D eigenvalue weighted by Crippen LogP contribution is -2.23. The minimum absolute atomic E-state index is 0.138. The van der Waals surface area contributed by atoms with Gasteiger partial charge >= 0.3 is 0 Å². The zero-order valence-electron chi connectivity index (χ0n) is 14.3. The Balaban J connectivity index is 1.64. The molecule has 0 spiro atoms. The summed E-state index contributed by atoms with van der Waals surface area (Å²) >= 11 is 0. The number of hydrogen-bond acceptors (Lipinski definition) is 5. The molecule has 2 heterocycles. The summed E-state index contributed by atoms with van der Waals surface area (Å²) < 4.78 is 29.8. The monoisotopic (exact) mass is 334 g/mol. The number of benzene rings is 1. The molecule has 0 bridgehead atoms. The first kappa shape index (κ1) is 16.9. The maximum atomic E-state index is 13.8. The Hall–Kier alpha value is -1.92. The van der Waals surface area contributed by atoms with Gasteiger partial charge in [-0.15, -0.1) is 0 Å². The van der Waals surface area contributed by atoms with Crippen LogP contribution in [0.3, 0.4) is 0 Å². The van der Waals surface area contributed by atoms with Crippen LogP contribution in [0.4, 0.5) is 4.39 Å². The second-order valence-corrected chi connectivity index (χ2v) is 6.34. The van der Waals surface area contributed by atoms with E-state index in [4.69, 9.17) is 14.0 Å². The highest BCUT2D eigenvalue weighted by molar-refractivity contribution is 5.29. The first-order chi connectivity index (χ1) is 11.6. The van der Waals surface area contributed by atoms with E-state index in [9.17, 15) is 4.39 Å². The second-order valence-electron chi connectivity index (χ2n) is 6.34. The summed E-state index contributed by atoms with van der Waals surface area (Å²) in [6.07, 6.45) is 0.936. The van der Waals surface area contributed by atoms with E-state index in [1.807, 2.05) is 19.1 Å². The predicted molar refractivity (Wildman–Crippen MR) is 87.5 cm³/mol. The number of ether oxygens (including phenoxy) is 2. The minimum Gasteiger partial charge on any atom is -0.494 e. The molecule has 1 fully saturated rings. The van der Waals surface area contributed by atoms with Crippen molar-refractivity contribution in [1.82, 2.24) is 10.1 Å². The lowest BCUT2D eigenvalue weighted by Gasteiger charge is -2.16. The molecule has 2 atom stereocenters. The fraction of sp³-hybridized carbons (Fsp3) is 0.500. The Labute approximate surface area is 141 Å². The van der Waals surface area contributed by atoms with Crippen molar-refractivity contribution in [3.8, 4) is 5.75 Å². The summed E-state index contributed by atoms with van der Waals surface area (Å²) in [6, 6.07) is 7.07. The van der Waals surface area contributed by atoms with Gasteiger partial charge in [0.1, 0.15) is 5.76 Å². The molecule has 24 heavy (non-hydrogen) atoms. The maximum Gasteiger partial charge on any atom is 0.165 e. The van der Waals surface area contributed by atoms with Crippen molar-refractivity contribution in [3.05, 3.63) is 47.1 Å². The number of halogens is 1. The van der Waals surface area contributed by atoms with Crippen LogP contribution in [-0.4, -0.2) is 43.5 Å². The van der Waals surface area contributed by atoms with Crippen LogP contribution in [0.25, 0.3) is 0 Å². The zero-order valence-corrected chi connectivity index (χ0v) is 14.3. The molecule has 5 nitrogen and oxygen atoms in total. The van der Waals surface area contributed by atoms with Gasteiger partial charge in [-0.25, -0.2) is 4.39 Å². The predicted octanol–water partition coefficient (Wildman–Crippen LogP) is 2.82. The molecule has 1 aromatic carbocycles. The van der Waals surface area contributed by atoms with Crippen LogP contribution in [-0.2, 0) is 17.7 Å². The number of rotatable bonds is 6. The van der Waals surface area contributed by atoms with Crippen molar-refractivity contribution < 1.29 is 18.4 Å².